The highest BCUT2D eigenvalue weighted by atomic mass is 32.1. The molecule has 1 aliphatic heterocycles. The second kappa shape index (κ2) is 9.84. The number of carbonyl (C=O) groups is 2. The minimum Gasteiger partial charge on any atom is -0.486 e. The summed E-state index contributed by atoms with van der Waals surface area (Å²) in [7, 11) is 1.59. The average Bonchev–Trinajstić information content (AvgIpc) is 2.83. The van der Waals surface area contributed by atoms with Gasteiger partial charge >= 0.3 is 0 Å². The molecule has 0 bridgehead atoms. The van der Waals surface area contributed by atoms with Gasteiger partial charge in [0.1, 0.15) is 13.2 Å². The van der Waals surface area contributed by atoms with Crippen molar-refractivity contribution < 1.29 is 23.8 Å². The maximum absolute atomic E-state index is 12.8. The molecule has 0 saturated heterocycles. The maximum atomic E-state index is 12.8. The summed E-state index contributed by atoms with van der Waals surface area (Å²) in [6.07, 6.45) is 0.642. The Morgan fingerprint density at radius 1 is 1.06 bits per heavy atom. The molecule has 0 aliphatic carbocycles. The van der Waals surface area contributed by atoms with Gasteiger partial charge in [-0.2, -0.15) is 0 Å². The third kappa shape index (κ3) is 4.89. The molecule has 0 saturated carbocycles. The van der Waals surface area contributed by atoms with E-state index in [1.54, 1.807) is 31.4 Å². The highest BCUT2D eigenvalue weighted by Gasteiger charge is 2.16. The van der Waals surface area contributed by atoms with Crippen molar-refractivity contribution in [3.63, 3.8) is 0 Å². The predicted octanol–water partition coefficient (Wildman–Crippen LogP) is 1.94. The molecule has 1 aromatic heterocycles. The van der Waals surface area contributed by atoms with Gasteiger partial charge in [0.05, 0.1) is 10.9 Å². The standard InChI is InChI=1S/C22H22N4O6S/c1-30-8-2-7-26-21(29)15-5-3-13(11-16(15)23-22(26)33)19(27)24-25-20(28)14-4-6-17-18(12-14)32-10-9-31-17/h3-6,11-12H,2,7-10H2,1H3,(H,23,33)(H,24,27)(H,25,28). The predicted molar refractivity (Wildman–Crippen MR) is 122 cm³/mol. The van der Waals surface area contributed by atoms with Crippen LogP contribution < -0.4 is 25.9 Å². The molecule has 2 amide bonds. The van der Waals surface area contributed by atoms with Crippen molar-refractivity contribution in [2.75, 3.05) is 26.9 Å². The largest absolute Gasteiger partial charge is 0.486 e. The summed E-state index contributed by atoms with van der Waals surface area (Å²) in [5.41, 5.74) is 5.47. The van der Waals surface area contributed by atoms with Gasteiger partial charge in [0.15, 0.2) is 16.3 Å². The Bertz CT molecular complexity index is 1330. The van der Waals surface area contributed by atoms with E-state index in [1.165, 1.54) is 16.7 Å². The first-order valence-corrected chi connectivity index (χ1v) is 10.6. The second-order valence-corrected chi connectivity index (χ2v) is 7.65. The number of H-pyrrole nitrogens is 1. The van der Waals surface area contributed by atoms with E-state index in [0.717, 1.165) is 0 Å². The minimum atomic E-state index is -0.550. The normalized spacial score (nSPS) is 12.4. The third-order valence-corrected chi connectivity index (χ3v) is 5.39. The van der Waals surface area contributed by atoms with Gasteiger partial charge in [-0.25, -0.2) is 0 Å². The van der Waals surface area contributed by atoms with E-state index in [2.05, 4.69) is 15.8 Å². The van der Waals surface area contributed by atoms with Crippen LogP contribution >= 0.6 is 12.2 Å². The molecule has 0 spiro atoms. The van der Waals surface area contributed by atoms with Crippen LogP contribution in [-0.2, 0) is 11.3 Å². The molecule has 11 heteroatoms. The van der Waals surface area contributed by atoms with E-state index < -0.39 is 11.8 Å². The van der Waals surface area contributed by atoms with E-state index >= 15 is 0 Å². The Kier molecular flexibility index (Phi) is 6.71. The first-order valence-electron chi connectivity index (χ1n) is 10.2. The summed E-state index contributed by atoms with van der Waals surface area (Å²) in [4.78, 5) is 40.7. The molecule has 0 atom stereocenters. The number of fused-ring (bicyclic) bond motifs is 2. The molecule has 0 unspecified atom stereocenters. The summed E-state index contributed by atoms with van der Waals surface area (Å²) >= 11 is 5.30. The number of hydrogen-bond donors (Lipinski definition) is 3. The van der Waals surface area contributed by atoms with Crippen molar-refractivity contribution in [3.05, 3.63) is 62.6 Å². The lowest BCUT2D eigenvalue weighted by molar-refractivity contribution is 0.0846. The van der Waals surface area contributed by atoms with Crippen LogP contribution in [0.25, 0.3) is 10.9 Å². The fourth-order valence-electron chi connectivity index (χ4n) is 3.41. The number of aromatic amines is 1. The zero-order valence-corrected chi connectivity index (χ0v) is 18.6. The van der Waals surface area contributed by atoms with Gasteiger partial charge in [-0.3, -0.25) is 29.8 Å². The number of amides is 2. The van der Waals surface area contributed by atoms with Crippen LogP contribution in [-0.4, -0.2) is 48.3 Å². The molecule has 3 aromatic rings. The summed E-state index contributed by atoms with van der Waals surface area (Å²) in [5.74, 6) is -0.0307. The molecule has 2 heterocycles. The van der Waals surface area contributed by atoms with Crippen molar-refractivity contribution in [1.82, 2.24) is 20.4 Å². The van der Waals surface area contributed by atoms with Gasteiger partial charge in [-0.15, -0.1) is 0 Å². The van der Waals surface area contributed by atoms with Gasteiger partial charge in [0, 0.05) is 31.4 Å². The Balaban J connectivity index is 1.47. The van der Waals surface area contributed by atoms with E-state index in [1.807, 2.05) is 0 Å². The van der Waals surface area contributed by atoms with Crippen LogP contribution in [0.5, 0.6) is 11.5 Å². The van der Waals surface area contributed by atoms with Crippen molar-refractivity contribution in [2.24, 2.45) is 0 Å². The fourth-order valence-corrected chi connectivity index (χ4v) is 3.69. The van der Waals surface area contributed by atoms with E-state index in [4.69, 9.17) is 26.4 Å². The topological polar surface area (TPSA) is 124 Å². The number of nitrogens with zero attached hydrogens (tertiary/aromatic N) is 1. The number of hydrogen-bond acceptors (Lipinski definition) is 7. The maximum Gasteiger partial charge on any atom is 0.269 e. The van der Waals surface area contributed by atoms with Gasteiger partial charge in [0.25, 0.3) is 17.4 Å². The van der Waals surface area contributed by atoms with E-state index in [-0.39, 0.29) is 15.9 Å². The first kappa shape index (κ1) is 22.5. The molecular weight excluding hydrogens is 448 g/mol. The molecule has 4 rings (SSSR count). The van der Waals surface area contributed by atoms with E-state index in [9.17, 15) is 14.4 Å². The lowest BCUT2D eigenvalue weighted by Crippen LogP contribution is -2.41. The molecule has 3 N–H and O–H groups in total. The summed E-state index contributed by atoms with van der Waals surface area (Å²) in [5, 5.41) is 0.401. The van der Waals surface area contributed by atoms with Crippen LogP contribution in [0.2, 0.25) is 0 Å². The number of rotatable bonds is 6. The zero-order valence-electron chi connectivity index (χ0n) is 17.8. The van der Waals surface area contributed by atoms with Crippen LogP contribution in [0.3, 0.4) is 0 Å². The molecule has 33 heavy (non-hydrogen) atoms. The van der Waals surface area contributed by atoms with Crippen molar-refractivity contribution in [3.8, 4) is 11.5 Å². The van der Waals surface area contributed by atoms with Crippen molar-refractivity contribution in [2.45, 2.75) is 13.0 Å². The van der Waals surface area contributed by atoms with Crippen LogP contribution in [0.1, 0.15) is 27.1 Å². The van der Waals surface area contributed by atoms with Crippen molar-refractivity contribution in [1.29, 1.82) is 0 Å². The number of hydrazine groups is 1. The van der Waals surface area contributed by atoms with E-state index in [0.29, 0.717) is 60.8 Å². The van der Waals surface area contributed by atoms with Crippen molar-refractivity contribution >= 4 is 34.9 Å². The Morgan fingerprint density at radius 3 is 2.45 bits per heavy atom. The molecule has 2 aromatic carbocycles. The Morgan fingerprint density at radius 2 is 1.73 bits per heavy atom. The number of benzene rings is 2. The molecule has 0 radical (unpaired) electrons. The number of carbonyl (C=O) groups excluding carboxylic acids is 2. The zero-order chi connectivity index (χ0) is 23.4. The molecular formula is C22H22N4O6S. The van der Waals surface area contributed by atoms with Gasteiger partial charge < -0.3 is 19.2 Å². The monoisotopic (exact) mass is 470 g/mol. The highest BCUT2D eigenvalue weighted by Crippen LogP contribution is 2.30. The smallest absolute Gasteiger partial charge is 0.269 e. The van der Waals surface area contributed by atoms with Crippen LogP contribution in [0.15, 0.2) is 41.2 Å². The molecule has 1 aliphatic rings. The summed E-state index contributed by atoms with van der Waals surface area (Å²) in [6.45, 7) is 1.78. The third-order valence-electron chi connectivity index (χ3n) is 5.07. The van der Waals surface area contributed by atoms with Crippen LogP contribution in [0.4, 0.5) is 0 Å². The van der Waals surface area contributed by atoms with Gasteiger partial charge in [-0.1, -0.05) is 0 Å². The minimum absolute atomic E-state index is 0.243. The first-order chi connectivity index (χ1) is 16.0. The number of aromatic nitrogens is 2. The second-order valence-electron chi connectivity index (χ2n) is 7.26. The SMILES string of the molecule is COCCCn1c(=S)[nH]c2cc(C(=O)NNC(=O)c3ccc4c(c3)OCCO4)ccc2c1=O. The average molecular weight is 471 g/mol. The molecule has 10 nitrogen and oxygen atoms in total. The lowest BCUT2D eigenvalue weighted by atomic mass is 10.1. The molecule has 172 valence electrons. The Labute approximate surface area is 193 Å². The summed E-state index contributed by atoms with van der Waals surface area (Å²) in [6, 6.07) is 9.32. The number of ether oxygens (including phenoxy) is 3. The number of nitrogens with one attached hydrogen (secondary N) is 3. The fraction of sp³-hybridized carbons (Fsp3) is 0.273. The number of methoxy groups -OCH3 is 1. The van der Waals surface area contributed by atoms with Gasteiger partial charge in [-0.05, 0) is 55.0 Å². The van der Waals surface area contributed by atoms with Gasteiger partial charge in [0.2, 0.25) is 0 Å². The highest BCUT2D eigenvalue weighted by molar-refractivity contribution is 7.71. The summed E-state index contributed by atoms with van der Waals surface area (Å²) < 4.78 is 17.6. The Hall–Kier alpha value is -3.70. The quantitative estimate of drug-likeness (QED) is 0.286. The molecule has 0 fully saturated rings. The lowest BCUT2D eigenvalue weighted by Gasteiger charge is -2.18. The van der Waals surface area contributed by atoms with Crippen LogP contribution in [0, 0.1) is 4.77 Å².